The van der Waals surface area contributed by atoms with Gasteiger partial charge in [0.25, 0.3) is 0 Å². The molecule has 2 aromatic rings. The Labute approximate surface area is 192 Å². The van der Waals surface area contributed by atoms with E-state index in [1.54, 1.807) is 0 Å². The van der Waals surface area contributed by atoms with Crippen molar-refractivity contribution in [2.24, 2.45) is 5.92 Å². The normalized spacial score (nSPS) is 15.6. The topological polar surface area (TPSA) is 30.0 Å². The Morgan fingerprint density at radius 3 is 2.27 bits per heavy atom. The van der Waals surface area contributed by atoms with Crippen molar-refractivity contribution in [3.8, 4) is 0 Å². The number of carbonyl (C=O) groups is 1. The van der Waals surface area contributed by atoms with Crippen LogP contribution in [-0.2, 0) is 11.2 Å². The fourth-order valence-electron chi connectivity index (χ4n) is 2.98. The third kappa shape index (κ3) is 5.91. The van der Waals surface area contributed by atoms with Gasteiger partial charge in [0, 0.05) is 18.5 Å². The van der Waals surface area contributed by atoms with Crippen LogP contribution in [-0.4, -0.2) is 16.9 Å². The van der Waals surface area contributed by atoms with Gasteiger partial charge < -0.3 is 0 Å². The van der Waals surface area contributed by atoms with Crippen molar-refractivity contribution in [2.75, 3.05) is 0 Å². The van der Waals surface area contributed by atoms with Gasteiger partial charge in [-0.2, -0.15) is 13.2 Å². The molecule has 0 N–H and O–H groups in total. The summed E-state index contributed by atoms with van der Waals surface area (Å²) in [6.07, 6.45) is 1.77. The highest BCUT2D eigenvalue weighted by Gasteiger charge is 2.39. The van der Waals surface area contributed by atoms with E-state index in [0.717, 1.165) is 31.1 Å². The molecule has 1 aliphatic rings. The Morgan fingerprint density at radius 1 is 1.10 bits per heavy atom. The number of rotatable bonds is 7. The fraction of sp³-hybridized carbons (Fsp3) is 0.333. The van der Waals surface area contributed by atoms with E-state index in [9.17, 15) is 18.0 Å². The number of aromatic nitrogens is 1. The number of Topliss-reactive ketones (excluding diaryl/α,β-unsaturated/α-hetero) is 1. The summed E-state index contributed by atoms with van der Waals surface area (Å²) < 4.78 is 40.9. The molecule has 1 saturated carbocycles. The molecule has 0 radical (unpaired) electrons. The lowest BCUT2D eigenvalue weighted by Gasteiger charge is -2.18. The standard InChI is InChI=1S/C21H16Cl4F3NO/c22-15-7-11(10-29-18(15)5-6-19(30)12-2-3-12)1-4-14(21(26,27)28)13-8-16(23)20(25)17(24)9-13/h1,4,7-10,12,14H,2-3,5-6H2/b4-1+. The molecule has 1 fully saturated rings. The van der Waals surface area contributed by atoms with Crippen LogP contribution in [0.25, 0.3) is 6.08 Å². The van der Waals surface area contributed by atoms with Gasteiger partial charge in [0.2, 0.25) is 0 Å². The van der Waals surface area contributed by atoms with Gasteiger partial charge in [0.15, 0.2) is 0 Å². The summed E-state index contributed by atoms with van der Waals surface area (Å²) in [5.74, 6) is -1.58. The molecule has 1 atom stereocenters. The SMILES string of the molecule is O=C(CCc1ncc(/C=C/C(c2cc(Cl)c(Cl)c(Cl)c2)C(F)(F)F)cc1Cl)C1CC1. The summed E-state index contributed by atoms with van der Waals surface area (Å²) in [6, 6.07) is 3.81. The Hall–Kier alpha value is -1.27. The second-order valence-corrected chi connectivity index (χ2v) is 8.71. The van der Waals surface area contributed by atoms with Crippen molar-refractivity contribution in [1.82, 2.24) is 4.98 Å². The number of allylic oxidation sites excluding steroid dienone is 1. The molecule has 2 nitrogen and oxygen atoms in total. The molecule has 0 amide bonds. The first kappa shape index (κ1) is 23.4. The zero-order valence-electron chi connectivity index (χ0n) is 15.4. The lowest BCUT2D eigenvalue weighted by atomic mass is 9.97. The highest BCUT2D eigenvalue weighted by molar-refractivity contribution is 6.48. The lowest BCUT2D eigenvalue weighted by molar-refractivity contribution is -0.139. The molecular weight excluding hydrogens is 481 g/mol. The largest absolute Gasteiger partial charge is 0.399 e. The van der Waals surface area contributed by atoms with Gasteiger partial charge in [-0.3, -0.25) is 9.78 Å². The fourth-order valence-corrected chi connectivity index (χ4v) is 3.86. The van der Waals surface area contributed by atoms with Crippen molar-refractivity contribution in [1.29, 1.82) is 0 Å². The molecule has 0 bridgehead atoms. The summed E-state index contributed by atoms with van der Waals surface area (Å²) in [5, 5.41) is 0.189. The van der Waals surface area contributed by atoms with Gasteiger partial charge in [-0.05, 0) is 48.6 Å². The molecule has 1 aliphatic carbocycles. The van der Waals surface area contributed by atoms with E-state index in [1.807, 2.05) is 0 Å². The molecule has 1 unspecified atom stereocenters. The summed E-state index contributed by atoms with van der Waals surface area (Å²) in [5.41, 5.74) is 0.816. The predicted molar refractivity (Wildman–Crippen MR) is 115 cm³/mol. The summed E-state index contributed by atoms with van der Waals surface area (Å²) in [6.45, 7) is 0. The summed E-state index contributed by atoms with van der Waals surface area (Å²) >= 11 is 23.8. The maximum absolute atomic E-state index is 13.6. The van der Waals surface area contributed by atoms with E-state index in [4.69, 9.17) is 46.4 Å². The van der Waals surface area contributed by atoms with Gasteiger partial charge in [0.05, 0.1) is 31.7 Å². The molecule has 1 aromatic heterocycles. The number of alkyl halides is 3. The van der Waals surface area contributed by atoms with E-state index in [1.165, 1.54) is 18.3 Å². The van der Waals surface area contributed by atoms with Gasteiger partial charge in [0.1, 0.15) is 5.78 Å². The molecule has 0 aliphatic heterocycles. The average molecular weight is 497 g/mol. The predicted octanol–water partition coefficient (Wildman–Crippen LogP) is 7.97. The van der Waals surface area contributed by atoms with Gasteiger partial charge in [-0.25, -0.2) is 0 Å². The van der Waals surface area contributed by atoms with Crippen LogP contribution in [0.1, 0.15) is 42.0 Å². The Bertz CT molecular complexity index is 964. The smallest absolute Gasteiger partial charge is 0.299 e. The first-order chi connectivity index (χ1) is 14.1. The highest BCUT2D eigenvalue weighted by atomic mass is 35.5. The van der Waals surface area contributed by atoms with Crippen molar-refractivity contribution in [3.63, 3.8) is 0 Å². The van der Waals surface area contributed by atoms with Gasteiger partial charge >= 0.3 is 6.18 Å². The van der Waals surface area contributed by atoms with Crippen LogP contribution in [0.15, 0.2) is 30.5 Å². The molecule has 160 valence electrons. The van der Waals surface area contributed by atoms with Crippen LogP contribution < -0.4 is 0 Å². The van der Waals surface area contributed by atoms with Crippen LogP contribution in [0, 0.1) is 5.92 Å². The zero-order chi connectivity index (χ0) is 22.1. The Morgan fingerprint density at radius 2 is 1.73 bits per heavy atom. The summed E-state index contributed by atoms with van der Waals surface area (Å²) in [4.78, 5) is 16.0. The first-order valence-corrected chi connectivity index (χ1v) is 10.6. The molecule has 1 heterocycles. The maximum Gasteiger partial charge on any atom is 0.399 e. The monoisotopic (exact) mass is 495 g/mol. The van der Waals surface area contributed by atoms with Crippen LogP contribution in [0.5, 0.6) is 0 Å². The highest BCUT2D eigenvalue weighted by Crippen LogP contribution is 2.41. The number of nitrogens with zero attached hydrogens (tertiary/aromatic N) is 1. The van der Waals surface area contributed by atoms with E-state index >= 15 is 0 Å². The quantitative estimate of drug-likeness (QED) is 0.364. The molecular formula is C21H16Cl4F3NO. The van der Waals surface area contributed by atoms with Crippen LogP contribution in [0.4, 0.5) is 13.2 Å². The van der Waals surface area contributed by atoms with Crippen LogP contribution in [0.2, 0.25) is 20.1 Å². The van der Waals surface area contributed by atoms with Gasteiger partial charge in [-0.15, -0.1) is 0 Å². The molecule has 30 heavy (non-hydrogen) atoms. The number of benzene rings is 1. The van der Waals surface area contributed by atoms with Crippen molar-refractivity contribution in [3.05, 3.63) is 67.4 Å². The van der Waals surface area contributed by atoms with Gasteiger partial charge in [-0.1, -0.05) is 58.6 Å². The second kappa shape index (κ2) is 9.47. The number of hydrogen-bond donors (Lipinski definition) is 0. The third-order valence-corrected chi connectivity index (χ3v) is 6.30. The first-order valence-electron chi connectivity index (χ1n) is 9.12. The van der Waals surface area contributed by atoms with Crippen molar-refractivity contribution < 1.29 is 18.0 Å². The number of ketones is 1. The minimum absolute atomic E-state index is 0.00118. The van der Waals surface area contributed by atoms with E-state index in [2.05, 4.69) is 4.98 Å². The maximum atomic E-state index is 13.6. The zero-order valence-corrected chi connectivity index (χ0v) is 18.5. The van der Waals surface area contributed by atoms with E-state index < -0.39 is 12.1 Å². The second-order valence-electron chi connectivity index (χ2n) is 7.11. The lowest BCUT2D eigenvalue weighted by Crippen LogP contribution is -2.19. The van der Waals surface area contributed by atoms with E-state index in [-0.39, 0.29) is 32.3 Å². The molecule has 9 heteroatoms. The minimum Gasteiger partial charge on any atom is -0.299 e. The third-order valence-electron chi connectivity index (χ3n) is 4.78. The number of hydrogen-bond acceptors (Lipinski definition) is 2. The Balaban J connectivity index is 1.78. The minimum atomic E-state index is -4.57. The summed E-state index contributed by atoms with van der Waals surface area (Å²) in [7, 11) is 0. The molecule has 1 aromatic carbocycles. The van der Waals surface area contributed by atoms with Crippen LogP contribution >= 0.6 is 46.4 Å². The van der Waals surface area contributed by atoms with Crippen LogP contribution in [0.3, 0.4) is 0 Å². The van der Waals surface area contributed by atoms with E-state index in [0.29, 0.717) is 29.1 Å². The molecule has 0 spiro atoms. The number of halogens is 7. The average Bonchev–Trinajstić information content (AvgIpc) is 3.49. The Kier molecular flexibility index (Phi) is 7.39. The molecule has 0 saturated heterocycles. The molecule has 3 rings (SSSR count). The van der Waals surface area contributed by atoms with Crippen molar-refractivity contribution >= 4 is 58.3 Å². The number of pyridine rings is 1. The number of aryl methyl sites for hydroxylation is 1. The van der Waals surface area contributed by atoms with Crippen molar-refractivity contribution in [2.45, 2.75) is 37.8 Å². The number of carbonyl (C=O) groups excluding carboxylic acids is 1.